The van der Waals surface area contributed by atoms with Crippen LogP contribution in [0.3, 0.4) is 0 Å². The monoisotopic (exact) mass is 446 g/mol. The number of halogens is 1. The maximum atomic E-state index is 14.0. The van der Waals surface area contributed by atoms with Gasteiger partial charge in [-0.05, 0) is 56.5 Å². The van der Waals surface area contributed by atoms with Crippen LogP contribution >= 0.6 is 0 Å². The number of anilines is 1. The summed E-state index contributed by atoms with van der Waals surface area (Å²) < 4.78 is 25.4. The number of aryl methyl sites for hydroxylation is 1. The van der Waals surface area contributed by atoms with Gasteiger partial charge in [0.1, 0.15) is 0 Å². The fourth-order valence-corrected chi connectivity index (χ4v) is 2.98. The van der Waals surface area contributed by atoms with Crippen LogP contribution in [0, 0.1) is 12.7 Å². The minimum Gasteiger partial charge on any atom is -0.505 e. The molecule has 4 N–H and O–H groups in total. The molecule has 0 spiro atoms. The average molecular weight is 446 g/mol. The Morgan fingerprint density at radius 2 is 1.91 bits per heavy atom. The summed E-state index contributed by atoms with van der Waals surface area (Å²) in [6, 6.07) is 10.8. The smallest absolute Gasteiger partial charge is 0.412 e. The SMILES string of the molecule is CCO[C@@H](CC/C=C/C(=O)NO)[C@@H](OC(=O)Nc1ccc(C)cc1)c1ccc(O)c(F)c1. The van der Waals surface area contributed by atoms with Crippen molar-refractivity contribution in [2.45, 2.75) is 38.9 Å². The molecule has 2 aromatic rings. The number of benzene rings is 2. The summed E-state index contributed by atoms with van der Waals surface area (Å²) in [6.07, 6.45) is 0.950. The zero-order chi connectivity index (χ0) is 23.5. The van der Waals surface area contributed by atoms with Gasteiger partial charge in [-0.3, -0.25) is 15.3 Å². The quantitative estimate of drug-likeness (QED) is 0.245. The van der Waals surface area contributed by atoms with Crippen molar-refractivity contribution in [2.75, 3.05) is 11.9 Å². The zero-order valence-corrected chi connectivity index (χ0v) is 17.9. The molecule has 2 atom stereocenters. The molecular weight excluding hydrogens is 419 g/mol. The summed E-state index contributed by atoms with van der Waals surface area (Å²) in [5, 5.41) is 20.7. The number of rotatable bonds is 10. The number of carbonyl (C=O) groups excluding carboxylic acids is 2. The third kappa shape index (κ3) is 7.68. The van der Waals surface area contributed by atoms with Gasteiger partial charge in [0, 0.05) is 18.4 Å². The van der Waals surface area contributed by atoms with E-state index in [2.05, 4.69) is 5.32 Å². The van der Waals surface area contributed by atoms with Gasteiger partial charge in [-0.2, -0.15) is 0 Å². The molecule has 0 bridgehead atoms. The van der Waals surface area contributed by atoms with Crippen molar-refractivity contribution in [2.24, 2.45) is 0 Å². The molecule has 2 rings (SSSR count). The number of hydrogen-bond acceptors (Lipinski definition) is 6. The number of hydrogen-bond donors (Lipinski definition) is 4. The van der Waals surface area contributed by atoms with Gasteiger partial charge in [0.2, 0.25) is 0 Å². The Kier molecular flexibility index (Phi) is 9.65. The molecule has 32 heavy (non-hydrogen) atoms. The van der Waals surface area contributed by atoms with E-state index >= 15 is 0 Å². The van der Waals surface area contributed by atoms with Crippen molar-refractivity contribution < 1.29 is 33.8 Å². The van der Waals surface area contributed by atoms with Crippen LogP contribution in [0.5, 0.6) is 5.75 Å². The molecule has 2 aromatic carbocycles. The highest BCUT2D eigenvalue weighted by molar-refractivity contribution is 5.86. The first-order valence-corrected chi connectivity index (χ1v) is 10.1. The predicted octanol–water partition coefficient (Wildman–Crippen LogP) is 4.38. The van der Waals surface area contributed by atoms with Gasteiger partial charge in [-0.1, -0.05) is 29.8 Å². The van der Waals surface area contributed by atoms with Crippen molar-refractivity contribution in [1.82, 2.24) is 5.48 Å². The van der Waals surface area contributed by atoms with Crippen LogP contribution in [0.1, 0.15) is 37.0 Å². The largest absolute Gasteiger partial charge is 0.505 e. The van der Waals surface area contributed by atoms with Gasteiger partial charge in [-0.15, -0.1) is 0 Å². The van der Waals surface area contributed by atoms with E-state index < -0.39 is 35.8 Å². The molecular formula is C23H27FN2O6. The molecule has 0 fully saturated rings. The highest BCUT2D eigenvalue weighted by atomic mass is 19.1. The number of amides is 2. The van der Waals surface area contributed by atoms with Crippen LogP contribution in [0.15, 0.2) is 54.6 Å². The summed E-state index contributed by atoms with van der Waals surface area (Å²) in [5.74, 6) is -2.06. The van der Waals surface area contributed by atoms with Crippen LogP contribution in [0.2, 0.25) is 0 Å². The molecule has 0 aliphatic heterocycles. The van der Waals surface area contributed by atoms with E-state index in [0.717, 1.165) is 17.7 Å². The Morgan fingerprint density at radius 1 is 1.19 bits per heavy atom. The molecule has 0 heterocycles. The molecule has 0 saturated heterocycles. The van der Waals surface area contributed by atoms with Crippen molar-refractivity contribution in [3.8, 4) is 5.75 Å². The zero-order valence-electron chi connectivity index (χ0n) is 17.9. The molecule has 172 valence electrons. The van der Waals surface area contributed by atoms with Crippen LogP contribution in [-0.4, -0.2) is 35.0 Å². The van der Waals surface area contributed by atoms with Gasteiger partial charge in [0.25, 0.3) is 5.91 Å². The highest BCUT2D eigenvalue weighted by Gasteiger charge is 2.28. The first-order chi connectivity index (χ1) is 15.3. The lowest BCUT2D eigenvalue weighted by Gasteiger charge is -2.27. The maximum absolute atomic E-state index is 14.0. The molecule has 2 amide bonds. The Balaban J connectivity index is 2.22. The van der Waals surface area contributed by atoms with Gasteiger partial charge in [0.15, 0.2) is 17.7 Å². The van der Waals surface area contributed by atoms with E-state index in [4.69, 9.17) is 14.7 Å². The minimum absolute atomic E-state index is 0.297. The maximum Gasteiger partial charge on any atom is 0.412 e. The molecule has 0 unspecified atom stereocenters. The molecule has 9 heteroatoms. The average Bonchev–Trinajstić information content (AvgIpc) is 2.77. The van der Waals surface area contributed by atoms with E-state index in [0.29, 0.717) is 30.7 Å². The summed E-state index contributed by atoms with van der Waals surface area (Å²) in [6.45, 7) is 3.98. The topological polar surface area (TPSA) is 117 Å². The van der Waals surface area contributed by atoms with E-state index in [1.54, 1.807) is 19.1 Å². The highest BCUT2D eigenvalue weighted by Crippen LogP contribution is 2.30. The van der Waals surface area contributed by atoms with Crippen molar-refractivity contribution in [3.05, 3.63) is 71.6 Å². The van der Waals surface area contributed by atoms with Gasteiger partial charge < -0.3 is 14.6 Å². The van der Waals surface area contributed by atoms with Gasteiger partial charge in [-0.25, -0.2) is 14.7 Å². The molecule has 0 radical (unpaired) electrons. The number of phenolic OH excluding ortho intramolecular Hbond substituents is 1. The van der Waals surface area contributed by atoms with E-state index in [1.165, 1.54) is 23.7 Å². The molecule has 0 aliphatic carbocycles. The summed E-state index contributed by atoms with van der Waals surface area (Å²) in [5.41, 5.74) is 3.35. The molecule has 8 nitrogen and oxygen atoms in total. The molecule has 0 aromatic heterocycles. The van der Waals surface area contributed by atoms with E-state index in [1.807, 2.05) is 19.1 Å². The summed E-state index contributed by atoms with van der Waals surface area (Å²) >= 11 is 0. The van der Waals surface area contributed by atoms with Crippen LogP contribution in [0.4, 0.5) is 14.9 Å². The number of hydroxylamine groups is 1. The fraction of sp³-hybridized carbons (Fsp3) is 0.304. The van der Waals surface area contributed by atoms with E-state index in [9.17, 15) is 19.1 Å². The Bertz CT molecular complexity index is 933. The van der Waals surface area contributed by atoms with Gasteiger partial charge in [0.05, 0.1) is 6.10 Å². The lowest BCUT2D eigenvalue weighted by Crippen LogP contribution is -2.29. The predicted molar refractivity (Wildman–Crippen MR) is 116 cm³/mol. The van der Waals surface area contributed by atoms with Crippen molar-refractivity contribution in [1.29, 1.82) is 0 Å². The van der Waals surface area contributed by atoms with Crippen LogP contribution in [-0.2, 0) is 14.3 Å². The van der Waals surface area contributed by atoms with Crippen molar-refractivity contribution >= 4 is 17.7 Å². The number of ether oxygens (including phenoxy) is 2. The molecule has 0 saturated carbocycles. The normalized spacial score (nSPS) is 12.9. The standard InChI is InChI=1S/C23H27FN2O6/c1-3-31-20(6-4-5-7-21(28)26-30)22(16-10-13-19(27)18(24)14-16)32-23(29)25-17-11-8-15(2)9-12-17/h5,7-14,20,22,27,30H,3-4,6H2,1-2H3,(H,25,29)(H,26,28)/b7-5+/t20-,22-/m0/s1. The van der Waals surface area contributed by atoms with Crippen molar-refractivity contribution in [3.63, 3.8) is 0 Å². The summed E-state index contributed by atoms with van der Waals surface area (Å²) in [4.78, 5) is 23.7. The van der Waals surface area contributed by atoms with E-state index in [-0.39, 0.29) is 0 Å². The lowest BCUT2D eigenvalue weighted by molar-refractivity contribution is -0.124. The molecule has 0 aliphatic rings. The number of aromatic hydroxyl groups is 1. The first-order valence-electron chi connectivity index (χ1n) is 10.1. The first kappa shape index (κ1) is 24.8. The Morgan fingerprint density at radius 3 is 2.53 bits per heavy atom. The third-order valence-electron chi connectivity index (χ3n) is 4.55. The summed E-state index contributed by atoms with van der Waals surface area (Å²) in [7, 11) is 0. The lowest BCUT2D eigenvalue weighted by atomic mass is 9.99. The second kappa shape index (κ2) is 12.4. The number of nitrogens with one attached hydrogen (secondary N) is 2. The number of phenols is 1. The third-order valence-corrected chi connectivity index (χ3v) is 4.55. The fourth-order valence-electron chi connectivity index (χ4n) is 2.98. The Labute approximate surface area is 185 Å². The Hall–Kier alpha value is -3.43. The van der Waals surface area contributed by atoms with Crippen LogP contribution in [0.25, 0.3) is 0 Å². The minimum atomic E-state index is -0.990. The number of carbonyl (C=O) groups is 2. The van der Waals surface area contributed by atoms with Gasteiger partial charge >= 0.3 is 6.09 Å². The van der Waals surface area contributed by atoms with Crippen LogP contribution < -0.4 is 10.8 Å². The number of allylic oxidation sites excluding steroid dienone is 1. The second-order valence-corrected chi connectivity index (χ2v) is 6.98. The second-order valence-electron chi connectivity index (χ2n) is 6.98.